The fourth-order valence-electron chi connectivity index (χ4n) is 3.02. The number of hydrogen-bond donors (Lipinski definition) is 1. The summed E-state index contributed by atoms with van der Waals surface area (Å²) in [6.45, 7) is 10.7. The highest BCUT2D eigenvalue weighted by Gasteiger charge is 2.27. The molecule has 0 aliphatic heterocycles. The summed E-state index contributed by atoms with van der Waals surface area (Å²) in [7, 11) is 0. The minimum Gasteiger partial charge on any atom is -0.338 e. The number of rotatable bonds is 6. The minimum absolute atomic E-state index is 0.507. The van der Waals surface area contributed by atoms with E-state index in [-0.39, 0.29) is 0 Å². The highest BCUT2D eigenvalue weighted by Crippen LogP contribution is 2.37. The summed E-state index contributed by atoms with van der Waals surface area (Å²) < 4.78 is 5.35. The fraction of sp³-hybridized carbons (Fsp3) is 0.875. The Morgan fingerprint density at radius 2 is 1.85 bits per heavy atom. The van der Waals surface area contributed by atoms with E-state index in [0.29, 0.717) is 18.4 Å². The third kappa shape index (κ3) is 4.30. The first-order valence-electron chi connectivity index (χ1n) is 8.09. The van der Waals surface area contributed by atoms with Crippen LogP contribution in [0.5, 0.6) is 0 Å². The van der Waals surface area contributed by atoms with Gasteiger partial charge in [0.25, 0.3) is 0 Å². The van der Waals surface area contributed by atoms with Crippen molar-refractivity contribution in [3.05, 3.63) is 11.7 Å². The van der Waals surface area contributed by atoms with E-state index in [1.807, 2.05) is 0 Å². The Bertz CT molecular complexity index is 392. The molecule has 0 saturated heterocycles. The molecule has 0 unspecified atom stereocenters. The van der Waals surface area contributed by atoms with Crippen LogP contribution in [-0.2, 0) is 6.54 Å². The summed E-state index contributed by atoms with van der Waals surface area (Å²) >= 11 is 0. The summed E-state index contributed by atoms with van der Waals surface area (Å²) in [6, 6.07) is 0. The topological polar surface area (TPSA) is 51.0 Å². The molecule has 1 saturated carbocycles. The highest BCUT2D eigenvalue weighted by molar-refractivity contribution is 4.98. The van der Waals surface area contributed by atoms with Gasteiger partial charge in [0.2, 0.25) is 5.89 Å². The second-order valence-electron chi connectivity index (χ2n) is 6.93. The van der Waals surface area contributed by atoms with Crippen LogP contribution in [0.25, 0.3) is 0 Å². The van der Waals surface area contributed by atoms with Gasteiger partial charge in [0, 0.05) is 5.92 Å². The fourth-order valence-corrected chi connectivity index (χ4v) is 3.02. The van der Waals surface area contributed by atoms with Gasteiger partial charge in [-0.25, -0.2) is 0 Å². The molecule has 1 aliphatic rings. The predicted octanol–water partition coefficient (Wildman–Crippen LogP) is 3.75. The summed E-state index contributed by atoms with van der Waals surface area (Å²) in [5.74, 6) is 4.49. The Hall–Kier alpha value is -0.900. The molecule has 1 N–H and O–H groups in total. The van der Waals surface area contributed by atoms with E-state index in [1.165, 1.54) is 25.7 Å². The first kappa shape index (κ1) is 15.5. The molecule has 4 nitrogen and oxygen atoms in total. The summed E-state index contributed by atoms with van der Waals surface area (Å²) in [5.41, 5.74) is 0. The lowest BCUT2D eigenvalue weighted by Gasteiger charge is -2.29. The molecule has 0 bridgehead atoms. The van der Waals surface area contributed by atoms with Crippen LogP contribution < -0.4 is 5.32 Å². The summed E-state index contributed by atoms with van der Waals surface area (Å²) in [4.78, 5) is 4.56. The Balaban J connectivity index is 1.81. The highest BCUT2D eigenvalue weighted by atomic mass is 16.5. The van der Waals surface area contributed by atoms with Crippen LogP contribution in [0.2, 0.25) is 0 Å². The minimum atomic E-state index is 0.507. The van der Waals surface area contributed by atoms with Crippen molar-refractivity contribution in [3.63, 3.8) is 0 Å². The molecule has 1 aliphatic carbocycles. The van der Waals surface area contributed by atoms with Crippen LogP contribution in [0.3, 0.4) is 0 Å². The Kier molecular flexibility index (Phi) is 5.58. The van der Waals surface area contributed by atoms with E-state index in [2.05, 4.69) is 43.2 Å². The number of nitrogens with zero attached hydrogens (tertiary/aromatic N) is 2. The van der Waals surface area contributed by atoms with Crippen molar-refractivity contribution in [2.24, 2.45) is 17.8 Å². The van der Waals surface area contributed by atoms with Gasteiger partial charge in [-0.2, -0.15) is 4.98 Å². The van der Waals surface area contributed by atoms with Crippen LogP contribution in [-0.4, -0.2) is 16.7 Å². The maximum absolute atomic E-state index is 5.35. The van der Waals surface area contributed by atoms with E-state index in [0.717, 1.165) is 30.1 Å². The molecule has 1 fully saturated rings. The van der Waals surface area contributed by atoms with E-state index in [9.17, 15) is 0 Å². The molecule has 2 rings (SSSR count). The van der Waals surface area contributed by atoms with Crippen molar-refractivity contribution in [2.45, 2.75) is 65.8 Å². The molecule has 4 heteroatoms. The molecule has 0 radical (unpaired) electrons. The zero-order valence-corrected chi connectivity index (χ0v) is 13.4. The Morgan fingerprint density at radius 3 is 2.45 bits per heavy atom. The molecule has 1 aromatic rings. The monoisotopic (exact) mass is 279 g/mol. The van der Waals surface area contributed by atoms with Crippen molar-refractivity contribution in [2.75, 3.05) is 6.54 Å². The van der Waals surface area contributed by atoms with Crippen molar-refractivity contribution >= 4 is 0 Å². The lowest BCUT2D eigenvalue weighted by molar-refractivity contribution is 0.251. The SMILES string of the molecule is CC(C)CNCc1nc(C2CCC(C(C)C)CC2)no1. The van der Waals surface area contributed by atoms with Gasteiger partial charge in [0.05, 0.1) is 6.54 Å². The average Bonchev–Trinajstić information content (AvgIpc) is 2.87. The number of aromatic nitrogens is 2. The Morgan fingerprint density at radius 1 is 1.15 bits per heavy atom. The third-order valence-electron chi connectivity index (χ3n) is 4.39. The van der Waals surface area contributed by atoms with Crippen molar-refractivity contribution in [1.82, 2.24) is 15.5 Å². The first-order chi connectivity index (χ1) is 9.56. The van der Waals surface area contributed by atoms with Gasteiger partial charge in [-0.3, -0.25) is 0 Å². The average molecular weight is 279 g/mol. The molecule has 0 amide bonds. The van der Waals surface area contributed by atoms with Crippen molar-refractivity contribution < 1.29 is 4.52 Å². The quantitative estimate of drug-likeness (QED) is 0.861. The molecular formula is C16H29N3O. The molecule has 0 atom stereocenters. The molecule has 0 aromatic carbocycles. The van der Waals surface area contributed by atoms with E-state index < -0.39 is 0 Å². The second kappa shape index (κ2) is 7.21. The molecule has 0 spiro atoms. The van der Waals surface area contributed by atoms with Gasteiger partial charge in [-0.1, -0.05) is 32.9 Å². The van der Waals surface area contributed by atoms with Crippen molar-refractivity contribution in [3.8, 4) is 0 Å². The molecular weight excluding hydrogens is 250 g/mol. The van der Waals surface area contributed by atoms with E-state index in [4.69, 9.17) is 4.52 Å². The van der Waals surface area contributed by atoms with Crippen LogP contribution in [0.4, 0.5) is 0 Å². The largest absolute Gasteiger partial charge is 0.338 e. The first-order valence-corrected chi connectivity index (χ1v) is 8.09. The van der Waals surface area contributed by atoms with Gasteiger partial charge < -0.3 is 9.84 Å². The zero-order valence-electron chi connectivity index (χ0n) is 13.4. The molecule has 1 heterocycles. The normalized spacial score (nSPS) is 23.7. The lowest BCUT2D eigenvalue weighted by Crippen LogP contribution is -2.19. The Labute approximate surface area is 122 Å². The smallest absolute Gasteiger partial charge is 0.240 e. The molecule has 114 valence electrons. The number of hydrogen-bond acceptors (Lipinski definition) is 4. The predicted molar refractivity (Wildman–Crippen MR) is 80.4 cm³/mol. The standard InChI is InChI=1S/C16H29N3O/c1-11(2)9-17-10-15-18-16(19-20-15)14-7-5-13(6-8-14)12(3)4/h11-14,17H,5-10H2,1-4H3. The maximum atomic E-state index is 5.35. The summed E-state index contributed by atoms with van der Waals surface area (Å²) in [5, 5.41) is 7.52. The lowest BCUT2D eigenvalue weighted by atomic mass is 9.77. The van der Waals surface area contributed by atoms with E-state index >= 15 is 0 Å². The molecule has 20 heavy (non-hydrogen) atoms. The maximum Gasteiger partial charge on any atom is 0.240 e. The van der Waals surface area contributed by atoms with Gasteiger partial charge >= 0.3 is 0 Å². The van der Waals surface area contributed by atoms with Gasteiger partial charge in [0.1, 0.15) is 0 Å². The zero-order chi connectivity index (χ0) is 14.5. The third-order valence-corrected chi connectivity index (χ3v) is 4.39. The van der Waals surface area contributed by atoms with Gasteiger partial charge in [-0.05, 0) is 50.0 Å². The van der Waals surface area contributed by atoms with Gasteiger partial charge in [0.15, 0.2) is 5.82 Å². The second-order valence-corrected chi connectivity index (χ2v) is 6.93. The van der Waals surface area contributed by atoms with E-state index in [1.54, 1.807) is 0 Å². The van der Waals surface area contributed by atoms with Crippen LogP contribution in [0.1, 0.15) is 71.0 Å². The summed E-state index contributed by atoms with van der Waals surface area (Å²) in [6.07, 6.45) is 5.03. The van der Waals surface area contributed by atoms with Crippen LogP contribution in [0.15, 0.2) is 4.52 Å². The number of nitrogens with one attached hydrogen (secondary N) is 1. The van der Waals surface area contributed by atoms with Crippen molar-refractivity contribution in [1.29, 1.82) is 0 Å². The van der Waals surface area contributed by atoms with Gasteiger partial charge in [-0.15, -0.1) is 0 Å². The van der Waals surface area contributed by atoms with Crippen LogP contribution >= 0.6 is 0 Å². The van der Waals surface area contributed by atoms with Crippen LogP contribution in [0, 0.1) is 17.8 Å². The molecule has 1 aromatic heterocycles.